The van der Waals surface area contributed by atoms with E-state index in [0.717, 1.165) is 5.69 Å². The molecule has 0 radical (unpaired) electrons. The van der Waals surface area contributed by atoms with Gasteiger partial charge in [0.2, 0.25) is 10.0 Å². The highest BCUT2D eigenvalue weighted by Gasteiger charge is 2.11. The fraction of sp³-hybridized carbons (Fsp3) is 0. The van der Waals surface area contributed by atoms with Crippen molar-refractivity contribution in [1.29, 1.82) is 0 Å². The zero-order valence-corrected chi connectivity index (χ0v) is 9.25. The van der Waals surface area contributed by atoms with E-state index in [2.05, 4.69) is 5.43 Å². The number of hydrazine groups is 1. The lowest BCUT2D eigenvalue weighted by atomic mass is 10.3. The van der Waals surface area contributed by atoms with E-state index < -0.39 is 10.0 Å². The fourth-order valence-electron chi connectivity index (χ4n) is 1.13. The SMILES string of the molecule is NS(=O)(=O)c1ccc(N2NC=CS2)cc1. The summed E-state index contributed by atoms with van der Waals surface area (Å²) in [5.41, 5.74) is 3.82. The van der Waals surface area contributed by atoms with Crippen molar-refractivity contribution in [2.45, 2.75) is 4.90 Å². The van der Waals surface area contributed by atoms with E-state index in [4.69, 9.17) is 5.14 Å². The van der Waals surface area contributed by atoms with E-state index in [-0.39, 0.29) is 4.90 Å². The predicted molar refractivity (Wildman–Crippen MR) is 60.2 cm³/mol. The second kappa shape index (κ2) is 3.76. The summed E-state index contributed by atoms with van der Waals surface area (Å²) in [5.74, 6) is 0. The highest BCUT2D eigenvalue weighted by molar-refractivity contribution is 8.03. The van der Waals surface area contributed by atoms with Crippen LogP contribution in [0.25, 0.3) is 0 Å². The van der Waals surface area contributed by atoms with Crippen LogP contribution in [0.15, 0.2) is 40.8 Å². The zero-order valence-electron chi connectivity index (χ0n) is 7.62. The Bertz CT molecular complexity index is 473. The van der Waals surface area contributed by atoms with Crippen LogP contribution in [0.4, 0.5) is 5.69 Å². The van der Waals surface area contributed by atoms with Crippen LogP contribution < -0.4 is 15.0 Å². The molecule has 0 bridgehead atoms. The van der Waals surface area contributed by atoms with Crippen molar-refractivity contribution in [2.24, 2.45) is 5.14 Å². The Morgan fingerprint density at radius 3 is 2.40 bits per heavy atom. The van der Waals surface area contributed by atoms with Gasteiger partial charge in [0.1, 0.15) is 0 Å². The Morgan fingerprint density at radius 1 is 1.27 bits per heavy atom. The number of hydrogen-bond donors (Lipinski definition) is 2. The maximum absolute atomic E-state index is 11.0. The maximum atomic E-state index is 11.0. The first-order valence-corrected chi connectivity index (χ1v) is 6.46. The van der Waals surface area contributed by atoms with Crippen molar-refractivity contribution < 1.29 is 8.42 Å². The first kappa shape index (κ1) is 10.3. The summed E-state index contributed by atoms with van der Waals surface area (Å²) in [6.45, 7) is 0. The molecule has 1 aliphatic heterocycles. The summed E-state index contributed by atoms with van der Waals surface area (Å²) in [5, 5.41) is 6.87. The van der Waals surface area contributed by atoms with Crippen molar-refractivity contribution in [1.82, 2.24) is 5.43 Å². The average molecular weight is 243 g/mol. The molecule has 0 fully saturated rings. The topological polar surface area (TPSA) is 75.4 Å². The number of nitrogens with one attached hydrogen (secondary N) is 1. The second-order valence-corrected chi connectivity index (χ2v) is 5.28. The van der Waals surface area contributed by atoms with E-state index in [0.29, 0.717) is 0 Å². The summed E-state index contributed by atoms with van der Waals surface area (Å²) in [6.07, 6.45) is 1.79. The lowest BCUT2D eigenvalue weighted by Gasteiger charge is -2.16. The van der Waals surface area contributed by atoms with Crippen LogP contribution in [0.2, 0.25) is 0 Å². The maximum Gasteiger partial charge on any atom is 0.238 e. The van der Waals surface area contributed by atoms with E-state index in [1.165, 1.54) is 24.1 Å². The monoisotopic (exact) mass is 243 g/mol. The van der Waals surface area contributed by atoms with Crippen LogP contribution in [0.3, 0.4) is 0 Å². The van der Waals surface area contributed by atoms with Gasteiger partial charge < -0.3 is 0 Å². The van der Waals surface area contributed by atoms with Gasteiger partial charge in [0.25, 0.3) is 0 Å². The minimum Gasteiger partial charge on any atom is -0.295 e. The second-order valence-electron chi connectivity index (χ2n) is 2.87. The molecule has 5 nitrogen and oxygen atoms in total. The first-order valence-electron chi connectivity index (χ1n) is 4.08. The van der Waals surface area contributed by atoms with Gasteiger partial charge in [0.05, 0.1) is 10.6 Å². The van der Waals surface area contributed by atoms with Gasteiger partial charge in [-0.15, -0.1) is 0 Å². The summed E-state index contributed by atoms with van der Waals surface area (Å²) in [4.78, 5) is 0.114. The van der Waals surface area contributed by atoms with Gasteiger partial charge in [-0.2, -0.15) is 0 Å². The van der Waals surface area contributed by atoms with E-state index in [1.807, 2.05) is 5.41 Å². The molecule has 0 saturated heterocycles. The van der Waals surface area contributed by atoms with E-state index in [1.54, 1.807) is 22.7 Å². The van der Waals surface area contributed by atoms with Crippen LogP contribution in [0.1, 0.15) is 0 Å². The molecular weight excluding hydrogens is 234 g/mol. The summed E-state index contributed by atoms with van der Waals surface area (Å²) < 4.78 is 23.8. The standard InChI is InChI=1S/C8H9N3O2S2/c9-15(12,13)8-3-1-7(2-4-8)11-10-5-6-14-11/h1-6,10H,(H2,9,12,13). The number of anilines is 1. The molecule has 0 unspecified atom stereocenters. The highest BCUT2D eigenvalue weighted by Crippen LogP contribution is 2.24. The molecule has 2 rings (SSSR count). The van der Waals surface area contributed by atoms with Gasteiger partial charge >= 0.3 is 0 Å². The van der Waals surface area contributed by atoms with Crippen LogP contribution in [0.5, 0.6) is 0 Å². The smallest absolute Gasteiger partial charge is 0.238 e. The van der Waals surface area contributed by atoms with Gasteiger partial charge in [-0.1, -0.05) is 0 Å². The molecule has 0 saturated carbocycles. The van der Waals surface area contributed by atoms with Crippen molar-refractivity contribution in [3.63, 3.8) is 0 Å². The molecule has 7 heteroatoms. The molecule has 1 aromatic rings. The van der Waals surface area contributed by atoms with Crippen LogP contribution in [-0.2, 0) is 10.0 Å². The molecule has 0 spiro atoms. The Balaban J connectivity index is 2.24. The van der Waals surface area contributed by atoms with Crippen LogP contribution in [0, 0.1) is 0 Å². The zero-order chi connectivity index (χ0) is 10.9. The summed E-state index contributed by atoms with van der Waals surface area (Å²) >= 11 is 1.47. The van der Waals surface area contributed by atoms with Crippen LogP contribution in [-0.4, -0.2) is 8.42 Å². The number of primary sulfonamides is 1. The lowest BCUT2D eigenvalue weighted by Crippen LogP contribution is -2.22. The lowest BCUT2D eigenvalue weighted by molar-refractivity contribution is 0.598. The Morgan fingerprint density at radius 2 is 1.93 bits per heavy atom. The van der Waals surface area contributed by atoms with Gasteiger partial charge in [-0.3, -0.25) is 5.43 Å². The minimum absolute atomic E-state index is 0.114. The molecule has 0 aromatic heterocycles. The van der Waals surface area contributed by atoms with Gasteiger partial charge in [-0.25, -0.2) is 18.0 Å². The third-order valence-electron chi connectivity index (χ3n) is 1.83. The molecule has 0 amide bonds. The van der Waals surface area contributed by atoms with Crippen molar-refractivity contribution >= 4 is 27.7 Å². The third kappa shape index (κ3) is 2.25. The molecular formula is C8H9N3O2S2. The summed E-state index contributed by atoms with van der Waals surface area (Å²) in [6, 6.07) is 6.33. The number of sulfonamides is 1. The van der Waals surface area contributed by atoms with Gasteiger partial charge in [0.15, 0.2) is 0 Å². The van der Waals surface area contributed by atoms with Gasteiger partial charge in [0, 0.05) is 23.6 Å². The molecule has 15 heavy (non-hydrogen) atoms. The van der Waals surface area contributed by atoms with Crippen molar-refractivity contribution in [3.8, 4) is 0 Å². The third-order valence-corrected chi connectivity index (χ3v) is 3.54. The normalized spacial score (nSPS) is 15.4. The number of nitrogens with two attached hydrogens (primary N) is 1. The number of hydrogen-bond acceptors (Lipinski definition) is 5. The Kier molecular flexibility index (Phi) is 2.59. The first-order chi connectivity index (χ1) is 7.07. The molecule has 80 valence electrons. The average Bonchev–Trinajstić information content (AvgIpc) is 2.69. The van der Waals surface area contributed by atoms with Crippen molar-refractivity contribution in [3.05, 3.63) is 35.9 Å². The minimum atomic E-state index is -3.60. The van der Waals surface area contributed by atoms with E-state index in [9.17, 15) is 8.42 Å². The molecule has 0 aliphatic carbocycles. The number of rotatable bonds is 2. The number of benzene rings is 1. The van der Waals surface area contributed by atoms with E-state index >= 15 is 0 Å². The van der Waals surface area contributed by atoms with Crippen LogP contribution >= 0.6 is 11.9 Å². The summed E-state index contributed by atoms with van der Waals surface area (Å²) in [7, 11) is -3.60. The molecule has 1 aromatic carbocycles. The Hall–Kier alpha value is -1.18. The van der Waals surface area contributed by atoms with Crippen molar-refractivity contribution in [2.75, 3.05) is 4.41 Å². The predicted octanol–water partition coefficient (Wildman–Crippen LogP) is 0.778. The largest absolute Gasteiger partial charge is 0.295 e. The molecule has 3 N–H and O–H groups in total. The van der Waals surface area contributed by atoms with Gasteiger partial charge in [-0.05, 0) is 24.3 Å². The fourth-order valence-corrected chi connectivity index (χ4v) is 2.25. The molecule has 1 heterocycles. The highest BCUT2D eigenvalue weighted by atomic mass is 32.2. The number of nitrogens with zero attached hydrogens (tertiary/aromatic N) is 1. The molecule has 1 aliphatic rings. The quantitative estimate of drug-likeness (QED) is 0.751. The Labute approximate surface area is 92.1 Å². The molecule has 0 atom stereocenters.